The fourth-order valence-corrected chi connectivity index (χ4v) is 2.77. The molecule has 74 valence electrons. The van der Waals surface area contributed by atoms with Crippen molar-refractivity contribution in [1.82, 2.24) is 0 Å². The van der Waals surface area contributed by atoms with Gasteiger partial charge in [0.2, 0.25) is 0 Å². The predicted octanol–water partition coefficient (Wildman–Crippen LogP) is 3.43. The van der Waals surface area contributed by atoms with Crippen molar-refractivity contribution in [2.24, 2.45) is 0 Å². The van der Waals surface area contributed by atoms with Crippen LogP contribution in [-0.2, 0) is 11.9 Å². The van der Waals surface area contributed by atoms with E-state index < -0.39 is 0 Å². The molecule has 0 saturated carbocycles. The molecule has 0 unspecified atom stereocenters. The van der Waals surface area contributed by atoms with E-state index in [4.69, 9.17) is 5.11 Å². The van der Waals surface area contributed by atoms with Gasteiger partial charge >= 0.3 is 0 Å². The van der Waals surface area contributed by atoms with Crippen molar-refractivity contribution in [3.8, 4) is 0 Å². The van der Waals surface area contributed by atoms with Gasteiger partial charge in [-0.25, -0.2) is 4.39 Å². The van der Waals surface area contributed by atoms with Crippen LogP contribution in [-0.4, -0.2) is 5.11 Å². The maximum Gasteiger partial charge on any atom is 0.141 e. The molecular weight excluding hydrogens is 267 g/mol. The monoisotopic (exact) mass is 274 g/mol. The Bertz CT molecular complexity index is 466. The molecule has 1 N–H and O–H groups in total. The molecule has 0 aliphatic carbocycles. The molecule has 2 rings (SSSR count). The van der Waals surface area contributed by atoms with E-state index in [1.54, 1.807) is 6.07 Å². The molecule has 0 radical (unpaired) electrons. The third-order valence-electron chi connectivity index (χ3n) is 2.16. The molecule has 1 heterocycles. The van der Waals surface area contributed by atoms with Gasteiger partial charge < -0.3 is 5.11 Å². The molecule has 0 saturated heterocycles. The average Bonchev–Trinajstić information content (AvgIpc) is 2.58. The third-order valence-corrected chi connectivity index (χ3v) is 3.68. The number of fused-ring (bicyclic) bond motifs is 1. The van der Waals surface area contributed by atoms with Crippen molar-refractivity contribution in [2.75, 3.05) is 0 Å². The number of hydrogen-bond donors (Lipinski definition) is 1. The minimum atomic E-state index is -0.208. The fourth-order valence-electron chi connectivity index (χ4n) is 1.40. The highest BCUT2D eigenvalue weighted by Crippen LogP contribution is 2.29. The lowest BCUT2D eigenvalue weighted by Gasteiger charge is -2.04. The van der Waals surface area contributed by atoms with Crippen molar-refractivity contribution < 1.29 is 9.50 Å². The lowest BCUT2D eigenvalue weighted by atomic mass is 10.1. The molecule has 14 heavy (non-hydrogen) atoms. The van der Waals surface area contributed by atoms with Gasteiger partial charge in [-0.1, -0.05) is 15.9 Å². The summed E-state index contributed by atoms with van der Waals surface area (Å²) >= 11 is 4.73. The maximum absolute atomic E-state index is 13.2. The Morgan fingerprint density at radius 1 is 1.36 bits per heavy atom. The summed E-state index contributed by atoms with van der Waals surface area (Å²) in [5.41, 5.74) is 1.80. The largest absolute Gasteiger partial charge is 0.392 e. The van der Waals surface area contributed by atoms with Crippen LogP contribution in [0.15, 0.2) is 17.5 Å². The summed E-state index contributed by atoms with van der Waals surface area (Å²) in [6.45, 7) is -0.0494. The van der Waals surface area contributed by atoms with E-state index in [9.17, 15) is 4.39 Å². The molecule has 4 heteroatoms. The van der Waals surface area contributed by atoms with Gasteiger partial charge in [0.05, 0.1) is 6.61 Å². The molecular formula is C10H8BrFOS. The number of aliphatic hydroxyl groups excluding tert-OH is 1. The molecule has 1 aromatic heterocycles. The van der Waals surface area contributed by atoms with Crippen LogP contribution in [0.25, 0.3) is 10.1 Å². The molecule has 0 amide bonds. The molecule has 0 aliphatic rings. The number of aliphatic hydroxyl groups is 1. The van der Waals surface area contributed by atoms with E-state index in [2.05, 4.69) is 15.9 Å². The zero-order chi connectivity index (χ0) is 10.1. The van der Waals surface area contributed by atoms with Crippen LogP contribution in [0.2, 0.25) is 0 Å². The SMILES string of the molecule is OCc1cc2c(F)csc2cc1CBr. The van der Waals surface area contributed by atoms with E-state index in [1.165, 1.54) is 16.7 Å². The molecule has 0 aliphatic heterocycles. The summed E-state index contributed by atoms with van der Waals surface area (Å²) in [6.07, 6.45) is 0. The predicted molar refractivity (Wildman–Crippen MR) is 60.3 cm³/mol. The van der Waals surface area contributed by atoms with Crippen LogP contribution >= 0.6 is 27.3 Å². The molecule has 1 nitrogen and oxygen atoms in total. The van der Waals surface area contributed by atoms with Crippen LogP contribution in [0.1, 0.15) is 11.1 Å². The van der Waals surface area contributed by atoms with Crippen LogP contribution < -0.4 is 0 Å². The average molecular weight is 275 g/mol. The standard InChI is InChI=1S/C10H8BrFOS/c11-3-6-2-10-8(1-7(6)4-13)9(12)5-14-10/h1-2,5,13H,3-4H2. The van der Waals surface area contributed by atoms with E-state index >= 15 is 0 Å². The Labute approximate surface area is 93.3 Å². The first-order valence-corrected chi connectivity index (χ1v) is 6.11. The lowest BCUT2D eigenvalue weighted by Crippen LogP contribution is -1.90. The van der Waals surface area contributed by atoms with Gasteiger partial charge in [0, 0.05) is 20.8 Å². The normalized spacial score (nSPS) is 11.1. The van der Waals surface area contributed by atoms with Gasteiger partial charge in [0.25, 0.3) is 0 Å². The maximum atomic E-state index is 13.2. The van der Waals surface area contributed by atoms with Crippen LogP contribution in [0, 0.1) is 5.82 Å². The highest BCUT2D eigenvalue weighted by Gasteiger charge is 2.08. The van der Waals surface area contributed by atoms with E-state index in [-0.39, 0.29) is 12.4 Å². The van der Waals surface area contributed by atoms with Crippen LogP contribution in [0.3, 0.4) is 0 Å². The van der Waals surface area contributed by atoms with Gasteiger partial charge in [-0.2, -0.15) is 0 Å². The fraction of sp³-hybridized carbons (Fsp3) is 0.200. The van der Waals surface area contributed by atoms with Gasteiger partial charge in [0.1, 0.15) is 5.82 Å². The first-order chi connectivity index (χ1) is 6.76. The topological polar surface area (TPSA) is 20.2 Å². The highest BCUT2D eigenvalue weighted by molar-refractivity contribution is 9.08. The molecule has 1 aromatic carbocycles. The van der Waals surface area contributed by atoms with Gasteiger partial charge in [-0.05, 0) is 23.3 Å². The number of halogens is 2. The Morgan fingerprint density at radius 2 is 2.14 bits per heavy atom. The zero-order valence-electron chi connectivity index (χ0n) is 7.26. The Balaban J connectivity index is 2.71. The highest BCUT2D eigenvalue weighted by atomic mass is 79.9. The Morgan fingerprint density at radius 3 is 2.79 bits per heavy atom. The van der Waals surface area contributed by atoms with Crippen molar-refractivity contribution in [1.29, 1.82) is 0 Å². The second-order valence-electron chi connectivity index (χ2n) is 2.99. The number of alkyl halides is 1. The first-order valence-electron chi connectivity index (χ1n) is 4.11. The number of thiophene rings is 1. The number of benzene rings is 1. The quantitative estimate of drug-likeness (QED) is 0.832. The molecule has 0 atom stereocenters. The van der Waals surface area contributed by atoms with Crippen LogP contribution in [0.5, 0.6) is 0 Å². The third kappa shape index (κ3) is 1.58. The van der Waals surface area contributed by atoms with Crippen molar-refractivity contribution in [3.63, 3.8) is 0 Å². The van der Waals surface area contributed by atoms with Crippen molar-refractivity contribution in [2.45, 2.75) is 11.9 Å². The number of hydrogen-bond acceptors (Lipinski definition) is 2. The summed E-state index contributed by atoms with van der Waals surface area (Å²) in [5.74, 6) is -0.208. The minimum Gasteiger partial charge on any atom is -0.392 e. The van der Waals surface area contributed by atoms with E-state index in [1.807, 2.05) is 6.07 Å². The van der Waals surface area contributed by atoms with Crippen molar-refractivity contribution in [3.05, 3.63) is 34.5 Å². The lowest BCUT2D eigenvalue weighted by molar-refractivity contribution is 0.281. The molecule has 0 fully saturated rings. The second-order valence-corrected chi connectivity index (χ2v) is 4.46. The molecule has 0 bridgehead atoms. The van der Waals surface area contributed by atoms with Gasteiger partial charge in [0.15, 0.2) is 0 Å². The summed E-state index contributed by atoms with van der Waals surface area (Å²) in [5, 5.41) is 11.9. The molecule has 2 aromatic rings. The Hall–Kier alpha value is -0.450. The van der Waals surface area contributed by atoms with Gasteiger partial charge in [-0.3, -0.25) is 0 Å². The van der Waals surface area contributed by atoms with E-state index in [0.29, 0.717) is 10.7 Å². The summed E-state index contributed by atoms with van der Waals surface area (Å²) in [7, 11) is 0. The summed E-state index contributed by atoms with van der Waals surface area (Å²) in [6, 6.07) is 3.64. The first kappa shape index (κ1) is 10.1. The smallest absolute Gasteiger partial charge is 0.141 e. The minimum absolute atomic E-state index is 0.0494. The molecule has 0 spiro atoms. The van der Waals surface area contributed by atoms with Crippen molar-refractivity contribution >= 4 is 37.4 Å². The number of rotatable bonds is 2. The van der Waals surface area contributed by atoms with Gasteiger partial charge in [-0.15, -0.1) is 11.3 Å². The van der Waals surface area contributed by atoms with E-state index in [0.717, 1.165) is 15.8 Å². The Kier molecular flexibility index (Phi) is 2.85. The second kappa shape index (κ2) is 3.96. The zero-order valence-corrected chi connectivity index (χ0v) is 9.66. The summed E-state index contributed by atoms with van der Waals surface area (Å²) in [4.78, 5) is 0. The van der Waals surface area contributed by atoms with Crippen LogP contribution in [0.4, 0.5) is 4.39 Å². The summed E-state index contributed by atoms with van der Waals surface area (Å²) < 4.78 is 14.1.